The van der Waals surface area contributed by atoms with E-state index in [4.69, 9.17) is 4.98 Å². The molecule has 5 heteroatoms. The highest BCUT2D eigenvalue weighted by molar-refractivity contribution is 5.99. The number of carbonyl (C=O) groups is 1. The summed E-state index contributed by atoms with van der Waals surface area (Å²) in [5, 5.41) is 4.26. The van der Waals surface area contributed by atoms with Crippen LogP contribution in [0.15, 0.2) is 42.6 Å². The summed E-state index contributed by atoms with van der Waals surface area (Å²) in [4.78, 5) is 24.5. The highest BCUT2D eigenvalue weighted by atomic mass is 16.1. The Kier molecular flexibility index (Phi) is 5.58. The van der Waals surface area contributed by atoms with Gasteiger partial charge in [0.15, 0.2) is 0 Å². The van der Waals surface area contributed by atoms with Gasteiger partial charge >= 0.3 is 0 Å². The van der Waals surface area contributed by atoms with Crippen LogP contribution in [0.3, 0.4) is 0 Å². The molecule has 5 nitrogen and oxygen atoms in total. The van der Waals surface area contributed by atoms with Gasteiger partial charge < -0.3 is 5.32 Å². The molecule has 1 N–H and O–H groups in total. The Morgan fingerprint density at radius 1 is 1.14 bits per heavy atom. The third-order valence-electron chi connectivity index (χ3n) is 5.72. The molecule has 1 fully saturated rings. The van der Waals surface area contributed by atoms with Crippen molar-refractivity contribution in [2.75, 3.05) is 13.1 Å². The Balaban J connectivity index is 1.40. The topological polar surface area (TPSA) is 58.1 Å². The first-order chi connectivity index (χ1) is 14.0. The van der Waals surface area contributed by atoms with Crippen molar-refractivity contribution in [3.05, 3.63) is 70.7 Å². The molecule has 3 heterocycles. The van der Waals surface area contributed by atoms with Crippen LogP contribution in [0, 0.1) is 20.8 Å². The molecular formula is C24H28N4O. The predicted molar refractivity (Wildman–Crippen MR) is 116 cm³/mol. The van der Waals surface area contributed by atoms with E-state index in [1.54, 1.807) is 0 Å². The molecule has 2 aromatic heterocycles. The number of rotatable bonds is 4. The number of benzene rings is 1. The number of amides is 1. The van der Waals surface area contributed by atoms with E-state index in [2.05, 4.69) is 47.2 Å². The molecule has 0 aliphatic carbocycles. The molecule has 0 radical (unpaired) electrons. The number of hydrogen-bond donors (Lipinski definition) is 1. The first-order valence-corrected chi connectivity index (χ1v) is 10.3. The smallest absolute Gasteiger partial charge is 0.253 e. The highest BCUT2D eigenvalue weighted by Crippen LogP contribution is 2.22. The summed E-state index contributed by atoms with van der Waals surface area (Å²) in [6, 6.07) is 12.5. The standard InChI is InChI=1S/C24H28N4O/c1-16-12-17(2)23-19(13-16)14-22(18(3)26-23)24(29)27-20-7-10-28(11-8-20)15-21-6-4-5-9-25-21/h4-6,9,12-14,20H,7-8,10-11,15H2,1-3H3,(H,27,29). The van der Waals surface area contributed by atoms with Crippen molar-refractivity contribution in [2.24, 2.45) is 0 Å². The fourth-order valence-corrected chi connectivity index (χ4v) is 4.19. The van der Waals surface area contributed by atoms with Gasteiger partial charge in [0, 0.05) is 37.3 Å². The molecule has 0 spiro atoms. The molecular weight excluding hydrogens is 360 g/mol. The highest BCUT2D eigenvalue weighted by Gasteiger charge is 2.22. The fraction of sp³-hybridized carbons (Fsp3) is 0.375. The molecule has 1 amide bonds. The Labute approximate surface area is 172 Å². The van der Waals surface area contributed by atoms with E-state index in [1.165, 1.54) is 5.56 Å². The lowest BCUT2D eigenvalue weighted by Crippen LogP contribution is -2.44. The van der Waals surface area contributed by atoms with Gasteiger partial charge in [-0.25, -0.2) is 0 Å². The summed E-state index contributed by atoms with van der Waals surface area (Å²) in [6.07, 6.45) is 3.75. The molecule has 29 heavy (non-hydrogen) atoms. The van der Waals surface area contributed by atoms with E-state index in [0.717, 1.165) is 60.3 Å². The summed E-state index contributed by atoms with van der Waals surface area (Å²) in [5.74, 6) is -0.0146. The number of fused-ring (bicyclic) bond motifs is 1. The number of carbonyl (C=O) groups excluding carboxylic acids is 1. The van der Waals surface area contributed by atoms with Gasteiger partial charge in [-0.2, -0.15) is 0 Å². The van der Waals surface area contributed by atoms with Crippen molar-refractivity contribution >= 4 is 16.8 Å². The van der Waals surface area contributed by atoms with Crippen molar-refractivity contribution in [1.29, 1.82) is 0 Å². The zero-order valence-electron chi connectivity index (χ0n) is 17.4. The number of pyridine rings is 2. The van der Waals surface area contributed by atoms with Crippen LogP contribution in [0.1, 0.15) is 45.7 Å². The van der Waals surface area contributed by atoms with Gasteiger partial charge in [0.2, 0.25) is 0 Å². The number of piperidine rings is 1. The number of likely N-dealkylation sites (tertiary alicyclic amines) is 1. The van der Waals surface area contributed by atoms with Crippen LogP contribution in [-0.2, 0) is 6.54 Å². The Morgan fingerprint density at radius 3 is 2.66 bits per heavy atom. The van der Waals surface area contributed by atoms with Gasteiger partial charge in [0.25, 0.3) is 5.91 Å². The van der Waals surface area contributed by atoms with Gasteiger partial charge in [0.1, 0.15) is 0 Å². The van der Waals surface area contributed by atoms with Crippen molar-refractivity contribution in [2.45, 2.75) is 46.2 Å². The number of hydrogen-bond acceptors (Lipinski definition) is 4. The number of aryl methyl sites for hydroxylation is 3. The molecule has 150 valence electrons. The monoisotopic (exact) mass is 388 g/mol. The second kappa shape index (κ2) is 8.29. The zero-order chi connectivity index (χ0) is 20.4. The molecule has 4 rings (SSSR count). The number of aromatic nitrogens is 2. The minimum atomic E-state index is -0.0146. The zero-order valence-corrected chi connectivity index (χ0v) is 17.4. The minimum absolute atomic E-state index is 0.0146. The first kappa shape index (κ1) is 19.5. The van der Waals surface area contributed by atoms with E-state index < -0.39 is 0 Å². The number of nitrogens with one attached hydrogen (secondary N) is 1. The van der Waals surface area contributed by atoms with Gasteiger partial charge in [-0.05, 0) is 63.4 Å². The summed E-state index contributed by atoms with van der Waals surface area (Å²) in [6.45, 7) is 8.87. The van der Waals surface area contributed by atoms with Crippen molar-refractivity contribution in [3.8, 4) is 0 Å². The van der Waals surface area contributed by atoms with E-state index in [0.29, 0.717) is 5.56 Å². The van der Waals surface area contributed by atoms with Gasteiger partial charge in [0.05, 0.1) is 22.5 Å². The number of nitrogens with zero attached hydrogens (tertiary/aromatic N) is 3. The van der Waals surface area contributed by atoms with E-state index in [9.17, 15) is 4.79 Å². The molecule has 1 aliphatic rings. The van der Waals surface area contributed by atoms with E-state index in [1.807, 2.05) is 31.3 Å². The maximum absolute atomic E-state index is 12.9. The summed E-state index contributed by atoms with van der Waals surface area (Å²) in [7, 11) is 0. The predicted octanol–water partition coefficient (Wildman–Crippen LogP) is 3.95. The Hall–Kier alpha value is -2.79. The summed E-state index contributed by atoms with van der Waals surface area (Å²) < 4.78 is 0. The van der Waals surface area contributed by atoms with Gasteiger partial charge in [-0.1, -0.05) is 17.7 Å². The second-order valence-electron chi connectivity index (χ2n) is 8.12. The van der Waals surface area contributed by atoms with Crippen molar-refractivity contribution in [1.82, 2.24) is 20.2 Å². The summed E-state index contributed by atoms with van der Waals surface area (Å²) >= 11 is 0. The van der Waals surface area contributed by atoms with Crippen molar-refractivity contribution < 1.29 is 4.79 Å². The van der Waals surface area contributed by atoms with Crippen LogP contribution < -0.4 is 5.32 Å². The lowest BCUT2D eigenvalue weighted by molar-refractivity contribution is 0.0907. The Bertz CT molecular complexity index is 1020. The van der Waals surface area contributed by atoms with Crippen LogP contribution in [-0.4, -0.2) is 39.9 Å². The van der Waals surface area contributed by atoms with E-state index in [-0.39, 0.29) is 11.9 Å². The van der Waals surface area contributed by atoms with Gasteiger partial charge in [-0.3, -0.25) is 19.7 Å². The molecule has 0 unspecified atom stereocenters. The first-order valence-electron chi connectivity index (χ1n) is 10.3. The molecule has 1 aromatic carbocycles. The maximum atomic E-state index is 12.9. The van der Waals surface area contributed by atoms with Crippen molar-refractivity contribution in [3.63, 3.8) is 0 Å². The third-order valence-corrected chi connectivity index (χ3v) is 5.72. The third kappa shape index (κ3) is 4.46. The molecule has 1 saturated heterocycles. The minimum Gasteiger partial charge on any atom is -0.349 e. The van der Waals surface area contributed by atoms with Crippen LogP contribution in [0.2, 0.25) is 0 Å². The molecule has 0 bridgehead atoms. The van der Waals surface area contributed by atoms with Gasteiger partial charge in [-0.15, -0.1) is 0 Å². The SMILES string of the molecule is Cc1cc(C)c2nc(C)c(C(=O)NC3CCN(Cc4ccccn4)CC3)cc2c1. The molecule has 1 aliphatic heterocycles. The largest absolute Gasteiger partial charge is 0.349 e. The lowest BCUT2D eigenvalue weighted by Gasteiger charge is -2.32. The summed E-state index contributed by atoms with van der Waals surface area (Å²) in [5.41, 5.74) is 5.88. The normalized spacial score (nSPS) is 15.6. The molecule has 0 saturated carbocycles. The van der Waals surface area contributed by atoms with E-state index >= 15 is 0 Å². The van der Waals surface area contributed by atoms with Crippen LogP contribution in [0.5, 0.6) is 0 Å². The maximum Gasteiger partial charge on any atom is 0.253 e. The Morgan fingerprint density at radius 2 is 1.93 bits per heavy atom. The quantitative estimate of drug-likeness (QED) is 0.735. The second-order valence-corrected chi connectivity index (χ2v) is 8.12. The molecule has 0 atom stereocenters. The van der Waals surface area contributed by atoms with Crippen LogP contribution >= 0.6 is 0 Å². The fourth-order valence-electron chi connectivity index (χ4n) is 4.19. The van der Waals surface area contributed by atoms with Crippen LogP contribution in [0.25, 0.3) is 10.9 Å². The average molecular weight is 389 g/mol. The van der Waals surface area contributed by atoms with Crippen LogP contribution in [0.4, 0.5) is 0 Å². The lowest BCUT2D eigenvalue weighted by atomic mass is 10.0. The molecule has 3 aromatic rings. The average Bonchev–Trinajstić information content (AvgIpc) is 2.70.